The van der Waals surface area contributed by atoms with Gasteiger partial charge in [0.2, 0.25) is 0 Å². The molecule has 0 radical (unpaired) electrons. The summed E-state index contributed by atoms with van der Waals surface area (Å²) in [6.45, 7) is 19.4. The Hall–Kier alpha value is -3.52. The van der Waals surface area contributed by atoms with Gasteiger partial charge in [-0.1, -0.05) is 0 Å². The second-order valence-corrected chi connectivity index (χ2v) is 13.3. The van der Waals surface area contributed by atoms with Crippen LogP contribution in [-0.4, -0.2) is 89.5 Å². The fourth-order valence-electron chi connectivity index (χ4n) is 5.04. The highest BCUT2D eigenvalue weighted by atomic mass is 32.1. The van der Waals surface area contributed by atoms with Gasteiger partial charge < -0.3 is 34.8 Å². The molecule has 12 nitrogen and oxygen atoms in total. The molecular formula is C32H52N6O6S2. The summed E-state index contributed by atoms with van der Waals surface area (Å²) in [5.41, 5.74) is 7.66. The van der Waals surface area contributed by atoms with Gasteiger partial charge >= 0.3 is 12.2 Å². The first-order chi connectivity index (χ1) is 20.4. The molecular weight excluding hydrogens is 629 g/mol. The summed E-state index contributed by atoms with van der Waals surface area (Å²) in [6.07, 6.45) is -0.527. The number of nitrogens with zero attached hydrogens (tertiary/aromatic N) is 5. The summed E-state index contributed by atoms with van der Waals surface area (Å²) in [4.78, 5) is 42.6. The van der Waals surface area contributed by atoms with Crippen molar-refractivity contribution in [2.75, 3.05) is 54.8 Å². The largest absolute Gasteiger partial charge is 0.444 e. The maximum atomic E-state index is 12.2. The van der Waals surface area contributed by atoms with Crippen molar-refractivity contribution in [1.82, 2.24) is 9.80 Å². The molecule has 0 aromatic heterocycles. The number of non-ortho nitro benzene ring substituents is 1. The van der Waals surface area contributed by atoms with E-state index in [1.807, 2.05) is 79.7 Å². The molecule has 0 bridgehead atoms. The van der Waals surface area contributed by atoms with Crippen LogP contribution in [0.2, 0.25) is 0 Å². The Morgan fingerprint density at radius 2 is 1.07 bits per heavy atom. The van der Waals surface area contributed by atoms with Gasteiger partial charge in [0.25, 0.3) is 5.69 Å². The molecule has 0 spiro atoms. The van der Waals surface area contributed by atoms with Crippen molar-refractivity contribution in [3.05, 3.63) is 58.6 Å². The highest BCUT2D eigenvalue weighted by Crippen LogP contribution is 2.24. The highest BCUT2D eigenvalue weighted by Gasteiger charge is 2.32. The molecule has 0 unspecified atom stereocenters. The SMILES string of the molecule is C[C@H]1CN(c2ccc(N)cc2)CCN1C(=O)OC(C)(C)C.C[C@H]1CN(c2ccc([N+](=O)[O-])cc2)CCN1C(=O)OC(C)(C)C.S.S. The predicted molar refractivity (Wildman–Crippen MR) is 194 cm³/mol. The van der Waals surface area contributed by atoms with E-state index in [1.165, 1.54) is 12.1 Å². The van der Waals surface area contributed by atoms with Crippen LogP contribution < -0.4 is 15.5 Å². The molecule has 0 saturated carbocycles. The lowest BCUT2D eigenvalue weighted by molar-refractivity contribution is -0.384. The van der Waals surface area contributed by atoms with Gasteiger partial charge in [0, 0.05) is 80.5 Å². The third kappa shape index (κ3) is 12.0. The summed E-state index contributed by atoms with van der Waals surface area (Å²) < 4.78 is 10.9. The smallest absolute Gasteiger partial charge is 0.410 e. The first-order valence-electron chi connectivity index (χ1n) is 15.0. The van der Waals surface area contributed by atoms with E-state index < -0.39 is 16.1 Å². The normalized spacial score (nSPS) is 18.3. The Labute approximate surface area is 287 Å². The number of ether oxygens (including phenoxy) is 2. The quantitative estimate of drug-likeness (QED) is 0.236. The van der Waals surface area contributed by atoms with Crippen LogP contribution in [0.15, 0.2) is 48.5 Å². The molecule has 2 aromatic carbocycles. The number of nitro benzene ring substituents is 1. The van der Waals surface area contributed by atoms with Crippen molar-refractivity contribution in [3.8, 4) is 0 Å². The van der Waals surface area contributed by atoms with Crippen LogP contribution in [0.1, 0.15) is 55.4 Å². The van der Waals surface area contributed by atoms with Crippen LogP contribution in [-0.2, 0) is 9.47 Å². The number of anilines is 3. The third-order valence-corrected chi connectivity index (χ3v) is 7.19. The van der Waals surface area contributed by atoms with Gasteiger partial charge in [0.1, 0.15) is 11.2 Å². The number of benzene rings is 2. The average molecular weight is 681 g/mol. The minimum Gasteiger partial charge on any atom is -0.444 e. The maximum Gasteiger partial charge on any atom is 0.410 e. The first-order valence-corrected chi connectivity index (χ1v) is 15.0. The molecule has 2 N–H and O–H groups in total. The van der Waals surface area contributed by atoms with E-state index in [1.54, 1.807) is 21.9 Å². The number of rotatable bonds is 3. The Kier molecular flexibility index (Phi) is 14.9. The molecule has 2 atom stereocenters. The lowest BCUT2D eigenvalue weighted by Crippen LogP contribution is -2.55. The Balaban J connectivity index is 0.000000442. The van der Waals surface area contributed by atoms with E-state index in [4.69, 9.17) is 15.2 Å². The van der Waals surface area contributed by atoms with E-state index in [2.05, 4.69) is 9.80 Å². The van der Waals surface area contributed by atoms with Crippen molar-refractivity contribution in [1.29, 1.82) is 0 Å². The number of carbonyl (C=O) groups is 2. The maximum absolute atomic E-state index is 12.2. The van der Waals surface area contributed by atoms with Crippen molar-refractivity contribution < 1.29 is 24.0 Å². The van der Waals surface area contributed by atoms with Gasteiger partial charge in [0.15, 0.2) is 0 Å². The second kappa shape index (κ2) is 16.9. The molecule has 2 aromatic rings. The lowest BCUT2D eigenvalue weighted by atomic mass is 10.1. The summed E-state index contributed by atoms with van der Waals surface area (Å²) >= 11 is 0. The fourth-order valence-corrected chi connectivity index (χ4v) is 5.04. The zero-order valence-electron chi connectivity index (χ0n) is 28.3. The number of nitro groups is 1. The zero-order chi connectivity index (χ0) is 32.8. The molecule has 14 heteroatoms. The van der Waals surface area contributed by atoms with Gasteiger partial charge in [-0.3, -0.25) is 10.1 Å². The van der Waals surface area contributed by atoms with Gasteiger partial charge in [0.05, 0.1) is 4.92 Å². The molecule has 2 aliphatic heterocycles. The average Bonchev–Trinajstić information content (AvgIpc) is 2.91. The van der Waals surface area contributed by atoms with Gasteiger partial charge in [-0.05, 0) is 91.8 Å². The van der Waals surface area contributed by atoms with Gasteiger partial charge in [-0.25, -0.2) is 9.59 Å². The molecule has 46 heavy (non-hydrogen) atoms. The van der Waals surface area contributed by atoms with Gasteiger partial charge in [-0.2, -0.15) is 27.0 Å². The minimum absolute atomic E-state index is 0. The summed E-state index contributed by atoms with van der Waals surface area (Å²) in [5.74, 6) is 0. The van der Waals surface area contributed by atoms with Crippen LogP contribution in [0.4, 0.5) is 32.3 Å². The molecule has 258 valence electrons. The summed E-state index contributed by atoms with van der Waals surface area (Å²) in [6, 6.07) is 14.5. The van der Waals surface area contributed by atoms with Crippen molar-refractivity contribution in [2.24, 2.45) is 0 Å². The molecule has 2 amide bonds. The first kappa shape index (κ1) is 40.5. The van der Waals surface area contributed by atoms with Crippen LogP contribution in [0.3, 0.4) is 0 Å². The molecule has 2 aliphatic rings. The molecule has 0 aliphatic carbocycles. The second-order valence-electron chi connectivity index (χ2n) is 13.3. The van der Waals surface area contributed by atoms with E-state index in [0.717, 1.165) is 30.2 Å². The molecule has 2 fully saturated rings. The van der Waals surface area contributed by atoms with E-state index in [0.29, 0.717) is 26.2 Å². The monoisotopic (exact) mass is 680 g/mol. The number of nitrogen functional groups attached to an aromatic ring is 1. The Morgan fingerprint density at radius 1 is 0.717 bits per heavy atom. The molecule has 2 heterocycles. The molecule has 2 saturated heterocycles. The van der Waals surface area contributed by atoms with Crippen LogP contribution >= 0.6 is 27.0 Å². The number of hydrogen-bond donors (Lipinski definition) is 1. The number of amides is 2. The summed E-state index contributed by atoms with van der Waals surface area (Å²) in [7, 11) is 0. The van der Waals surface area contributed by atoms with Crippen molar-refractivity contribution in [2.45, 2.75) is 78.7 Å². The Morgan fingerprint density at radius 3 is 1.37 bits per heavy atom. The molecule has 4 rings (SSSR count). The zero-order valence-corrected chi connectivity index (χ0v) is 30.3. The van der Waals surface area contributed by atoms with Crippen LogP contribution in [0, 0.1) is 10.1 Å². The predicted octanol–water partition coefficient (Wildman–Crippen LogP) is 5.98. The third-order valence-electron chi connectivity index (χ3n) is 7.19. The van der Waals surface area contributed by atoms with Gasteiger partial charge in [-0.15, -0.1) is 0 Å². The minimum atomic E-state index is -0.508. The van der Waals surface area contributed by atoms with Crippen LogP contribution in [0.5, 0.6) is 0 Å². The van der Waals surface area contributed by atoms with E-state index in [-0.39, 0.29) is 56.9 Å². The van der Waals surface area contributed by atoms with Crippen molar-refractivity contribution in [3.63, 3.8) is 0 Å². The number of nitrogens with two attached hydrogens (primary N) is 1. The number of hydrogen-bond acceptors (Lipinski definition) is 9. The van der Waals surface area contributed by atoms with Crippen LogP contribution in [0.25, 0.3) is 0 Å². The highest BCUT2D eigenvalue weighted by molar-refractivity contribution is 7.59. The Bertz CT molecular complexity index is 1280. The van der Waals surface area contributed by atoms with E-state index in [9.17, 15) is 19.7 Å². The standard InChI is InChI=1S/C16H23N3O4.C16H25N3O2.2H2S/c1-12-11-17(13-5-7-14(8-6-13)19(21)22)9-10-18(12)15(20)23-16(2,3)4;1-12-11-18(14-7-5-13(17)6-8-14)9-10-19(12)15(20)21-16(2,3)4;;/h5-8,12H,9-11H2,1-4H3;5-8,12H,9-11,17H2,1-4H3;2*1H2/t2*12-;;/m00../s1. The number of carbonyl (C=O) groups excluding carboxylic acids is 2. The fraction of sp³-hybridized carbons (Fsp3) is 0.562. The lowest BCUT2D eigenvalue weighted by Gasteiger charge is -2.41. The topological polar surface area (TPSA) is 135 Å². The van der Waals surface area contributed by atoms with Crippen molar-refractivity contribution >= 4 is 61.9 Å². The number of piperazine rings is 2. The van der Waals surface area contributed by atoms with E-state index >= 15 is 0 Å². The summed E-state index contributed by atoms with van der Waals surface area (Å²) in [5, 5.41) is 10.7.